The van der Waals surface area contributed by atoms with Gasteiger partial charge in [0, 0.05) is 18.7 Å². The normalized spacial score (nSPS) is 16.6. The lowest BCUT2D eigenvalue weighted by Gasteiger charge is -2.22. The van der Waals surface area contributed by atoms with Crippen LogP contribution in [-0.4, -0.2) is 59.1 Å². The van der Waals surface area contributed by atoms with Gasteiger partial charge in [0.05, 0.1) is 18.6 Å². The van der Waals surface area contributed by atoms with E-state index >= 15 is 0 Å². The molecule has 1 fully saturated rings. The predicted octanol–water partition coefficient (Wildman–Crippen LogP) is 1.36. The average Bonchev–Trinajstić information content (AvgIpc) is 3.10. The molecule has 0 aromatic heterocycles. The van der Waals surface area contributed by atoms with E-state index in [2.05, 4.69) is 5.32 Å². The number of carboxylic acid groups (broad SMARTS) is 1. The SMILES string of the molecule is CCC(=O)N1CSCC1C(=O)NCCc1ccc(C(=O)O)cc1OC. The molecule has 1 aliphatic rings. The van der Waals surface area contributed by atoms with Gasteiger partial charge < -0.3 is 20.1 Å². The molecule has 1 unspecified atom stereocenters. The molecule has 1 atom stereocenters. The fourth-order valence-electron chi connectivity index (χ4n) is 2.63. The number of carbonyl (C=O) groups excluding carboxylic acids is 2. The molecule has 1 aromatic carbocycles. The third kappa shape index (κ3) is 4.66. The lowest BCUT2D eigenvalue weighted by atomic mass is 10.1. The first kappa shape index (κ1) is 19.1. The van der Waals surface area contributed by atoms with Gasteiger partial charge in [-0.2, -0.15) is 0 Å². The van der Waals surface area contributed by atoms with E-state index in [-0.39, 0.29) is 17.4 Å². The molecule has 7 nitrogen and oxygen atoms in total. The third-order valence-corrected chi connectivity index (χ3v) is 5.05. The van der Waals surface area contributed by atoms with E-state index in [0.29, 0.717) is 36.8 Å². The predicted molar refractivity (Wildman–Crippen MR) is 94.9 cm³/mol. The Morgan fingerprint density at radius 1 is 1.40 bits per heavy atom. The number of aromatic carboxylic acids is 1. The number of benzene rings is 1. The van der Waals surface area contributed by atoms with Crippen LogP contribution in [0.25, 0.3) is 0 Å². The molecule has 8 heteroatoms. The first-order valence-corrected chi connectivity index (χ1v) is 9.18. The fourth-order valence-corrected chi connectivity index (χ4v) is 3.81. The second kappa shape index (κ2) is 8.75. The Balaban J connectivity index is 1.93. The van der Waals surface area contributed by atoms with E-state index < -0.39 is 12.0 Å². The molecule has 136 valence electrons. The van der Waals surface area contributed by atoms with Crippen LogP contribution in [0, 0.1) is 0 Å². The van der Waals surface area contributed by atoms with Gasteiger partial charge in [-0.25, -0.2) is 4.79 Å². The van der Waals surface area contributed by atoms with Crippen LogP contribution >= 0.6 is 11.8 Å². The quantitative estimate of drug-likeness (QED) is 0.757. The van der Waals surface area contributed by atoms with E-state index in [9.17, 15) is 14.4 Å². The van der Waals surface area contributed by atoms with Crippen molar-refractivity contribution in [2.45, 2.75) is 25.8 Å². The van der Waals surface area contributed by atoms with Gasteiger partial charge in [0.15, 0.2) is 0 Å². The topological polar surface area (TPSA) is 95.9 Å². The molecule has 1 aliphatic heterocycles. The van der Waals surface area contributed by atoms with Crippen LogP contribution in [-0.2, 0) is 16.0 Å². The van der Waals surface area contributed by atoms with Gasteiger partial charge in [0.2, 0.25) is 11.8 Å². The van der Waals surface area contributed by atoms with Gasteiger partial charge in [-0.3, -0.25) is 9.59 Å². The number of carbonyl (C=O) groups is 3. The minimum absolute atomic E-state index is 0.0175. The van der Waals surface area contributed by atoms with Crippen molar-refractivity contribution in [3.63, 3.8) is 0 Å². The minimum Gasteiger partial charge on any atom is -0.496 e. The highest BCUT2D eigenvalue weighted by atomic mass is 32.2. The van der Waals surface area contributed by atoms with Gasteiger partial charge in [-0.05, 0) is 24.1 Å². The Bertz CT molecular complexity index is 664. The molecule has 1 heterocycles. The summed E-state index contributed by atoms with van der Waals surface area (Å²) < 4.78 is 5.22. The largest absolute Gasteiger partial charge is 0.496 e. The number of hydrogen-bond donors (Lipinski definition) is 2. The molecule has 2 rings (SSSR count). The Kier molecular flexibility index (Phi) is 6.69. The summed E-state index contributed by atoms with van der Waals surface area (Å²) in [5.41, 5.74) is 0.969. The van der Waals surface area contributed by atoms with E-state index in [1.54, 1.807) is 29.7 Å². The van der Waals surface area contributed by atoms with Gasteiger partial charge >= 0.3 is 5.97 Å². The maximum atomic E-state index is 12.3. The summed E-state index contributed by atoms with van der Waals surface area (Å²) in [6, 6.07) is 4.24. The first-order valence-electron chi connectivity index (χ1n) is 8.03. The van der Waals surface area contributed by atoms with Gasteiger partial charge in [-0.15, -0.1) is 11.8 Å². The molecule has 1 aromatic rings. The summed E-state index contributed by atoms with van der Waals surface area (Å²) in [5.74, 6) is 0.443. The smallest absolute Gasteiger partial charge is 0.335 e. The Hall–Kier alpha value is -2.22. The Morgan fingerprint density at radius 3 is 2.80 bits per heavy atom. The number of methoxy groups -OCH3 is 1. The molecule has 0 aliphatic carbocycles. The van der Waals surface area contributed by atoms with E-state index in [1.165, 1.54) is 19.2 Å². The Morgan fingerprint density at radius 2 is 2.16 bits per heavy atom. The van der Waals surface area contributed by atoms with Crippen molar-refractivity contribution in [2.75, 3.05) is 25.3 Å². The lowest BCUT2D eigenvalue weighted by Crippen LogP contribution is -2.47. The van der Waals surface area contributed by atoms with Crippen molar-refractivity contribution in [2.24, 2.45) is 0 Å². The summed E-state index contributed by atoms with van der Waals surface area (Å²) in [5, 5.41) is 11.9. The molecule has 0 bridgehead atoms. The van der Waals surface area contributed by atoms with Crippen LogP contribution in [0.3, 0.4) is 0 Å². The second-order valence-corrected chi connectivity index (χ2v) is 6.61. The van der Waals surface area contributed by atoms with Crippen molar-refractivity contribution in [1.82, 2.24) is 10.2 Å². The van der Waals surface area contributed by atoms with Crippen LogP contribution in [0.15, 0.2) is 18.2 Å². The van der Waals surface area contributed by atoms with Crippen molar-refractivity contribution in [3.8, 4) is 5.75 Å². The van der Waals surface area contributed by atoms with Gasteiger partial charge in [-0.1, -0.05) is 13.0 Å². The summed E-state index contributed by atoms with van der Waals surface area (Å²) >= 11 is 1.57. The molecule has 2 N–H and O–H groups in total. The van der Waals surface area contributed by atoms with Crippen molar-refractivity contribution in [3.05, 3.63) is 29.3 Å². The van der Waals surface area contributed by atoms with Crippen LogP contribution in [0.1, 0.15) is 29.3 Å². The zero-order valence-corrected chi connectivity index (χ0v) is 15.1. The van der Waals surface area contributed by atoms with Crippen LogP contribution < -0.4 is 10.1 Å². The van der Waals surface area contributed by atoms with E-state index in [1.807, 2.05) is 0 Å². The van der Waals surface area contributed by atoms with Crippen molar-refractivity contribution >= 4 is 29.5 Å². The zero-order valence-electron chi connectivity index (χ0n) is 14.3. The molecule has 1 saturated heterocycles. The fraction of sp³-hybridized carbons (Fsp3) is 0.471. The molecular weight excluding hydrogens is 344 g/mol. The lowest BCUT2D eigenvalue weighted by molar-refractivity contribution is -0.137. The molecule has 0 radical (unpaired) electrons. The van der Waals surface area contributed by atoms with E-state index in [4.69, 9.17) is 9.84 Å². The molecule has 0 saturated carbocycles. The van der Waals surface area contributed by atoms with Crippen molar-refractivity contribution < 1.29 is 24.2 Å². The number of ether oxygens (including phenoxy) is 1. The highest BCUT2D eigenvalue weighted by Gasteiger charge is 2.33. The maximum absolute atomic E-state index is 12.3. The summed E-state index contributed by atoms with van der Waals surface area (Å²) in [6.45, 7) is 2.17. The standard InChI is InChI=1S/C17H22N2O5S/c1-3-15(20)19-10-25-9-13(19)16(21)18-7-6-11-4-5-12(17(22)23)8-14(11)24-2/h4-5,8,13H,3,6-7,9-10H2,1-2H3,(H,18,21)(H,22,23). The number of thioether (sulfide) groups is 1. The number of hydrogen-bond acceptors (Lipinski definition) is 5. The number of nitrogens with zero attached hydrogens (tertiary/aromatic N) is 1. The van der Waals surface area contributed by atoms with Gasteiger partial charge in [0.25, 0.3) is 0 Å². The molecule has 0 spiro atoms. The van der Waals surface area contributed by atoms with Crippen LogP contribution in [0.4, 0.5) is 0 Å². The number of nitrogens with one attached hydrogen (secondary N) is 1. The Labute approximate surface area is 150 Å². The highest BCUT2D eigenvalue weighted by molar-refractivity contribution is 7.99. The number of amides is 2. The molecule has 25 heavy (non-hydrogen) atoms. The summed E-state index contributed by atoms with van der Waals surface area (Å²) in [6.07, 6.45) is 0.897. The summed E-state index contributed by atoms with van der Waals surface area (Å²) in [4.78, 5) is 36.8. The van der Waals surface area contributed by atoms with Crippen molar-refractivity contribution in [1.29, 1.82) is 0 Å². The second-order valence-electron chi connectivity index (χ2n) is 5.61. The zero-order chi connectivity index (χ0) is 18.4. The first-order chi connectivity index (χ1) is 12.0. The van der Waals surface area contributed by atoms with E-state index in [0.717, 1.165) is 5.56 Å². The summed E-state index contributed by atoms with van der Waals surface area (Å²) in [7, 11) is 1.48. The van der Waals surface area contributed by atoms with Crippen LogP contribution in [0.2, 0.25) is 0 Å². The van der Waals surface area contributed by atoms with Gasteiger partial charge in [0.1, 0.15) is 11.8 Å². The third-order valence-electron chi connectivity index (χ3n) is 4.04. The highest BCUT2D eigenvalue weighted by Crippen LogP contribution is 2.22. The maximum Gasteiger partial charge on any atom is 0.335 e. The minimum atomic E-state index is -1.02. The molecule has 2 amide bonds. The van der Waals surface area contributed by atoms with Crippen LogP contribution in [0.5, 0.6) is 5.75 Å². The monoisotopic (exact) mass is 366 g/mol. The molecular formula is C17H22N2O5S. The average molecular weight is 366 g/mol. The number of rotatable bonds is 7. The number of carboxylic acids is 1.